The molecule has 0 aliphatic carbocycles. The van der Waals surface area contributed by atoms with E-state index in [1.165, 1.54) is 6.92 Å². The highest BCUT2D eigenvalue weighted by Gasteiger charge is 2.09. The molecule has 0 unspecified atom stereocenters. The zero-order valence-corrected chi connectivity index (χ0v) is 7.06. The van der Waals surface area contributed by atoms with Crippen LogP contribution in [0, 0.1) is 0 Å². The first kappa shape index (κ1) is 10.1. The van der Waals surface area contributed by atoms with Crippen molar-refractivity contribution in [2.75, 3.05) is 6.26 Å². The van der Waals surface area contributed by atoms with E-state index in [9.17, 15) is 18.0 Å². The van der Waals surface area contributed by atoms with Crippen LogP contribution in [-0.4, -0.2) is 26.4 Å². The highest BCUT2D eigenvalue weighted by atomic mass is 32.2. The summed E-state index contributed by atoms with van der Waals surface area (Å²) >= 11 is 0. The summed E-state index contributed by atoms with van der Waals surface area (Å²) in [5, 5.41) is 0. The van der Waals surface area contributed by atoms with Crippen molar-refractivity contribution in [2.24, 2.45) is 0 Å². The Bertz CT molecular complexity index is 266. The quantitative estimate of drug-likeness (QED) is 0.566. The summed E-state index contributed by atoms with van der Waals surface area (Å²) in [4.78, 5) is 20.8. The van der Waals surface area contributed by atoms with Gasteiger partial charge in [-0.25, -0.2) is 8.42 Å². The molecule has 0 aliphatic heterocycles. The number of rotatable bonds is 3. The number of hydrogen-bond donors (Lipinski definition) is 1. The van der Waals surface area contributed by atoms with Crippen LogP contribution < -0.4 is 4.72 Å². The number of nitrogens with one attached hydrogen (secondary N) is 1. The minimum Gasteiger partial charge on any atom is -0.299 e. The molecule has 6 heteroatoms. The maximum Gasteiger partial charge on any atom is 0.240 e. The van der Waals surface area contributed by atoms with E-state index in [1.807, 2.05) is 0 Å². The Kier molecular flexibility index (Phi) is 3.18. The monoisotopic (exact) mass is 179 g/mol. The normalized spacial score (nSPS) is 10.7. The van der Waals surface area contributed by atoms with Crippen molar-refractivity contribution >= 4 is 21.7 Å². The second-order valence-corrected chi connectivity index (χ2v) is 3.92. The summed E-state index contributed by atoms with van der Waals surface area (Å²) < 4.78 is 22.4. The van der Waals surface area contributed by atoms with E-state index in [0.717, 1.165) is 6.26 Å². The molecule has 5 nitrogen and oxygen atoms in total. The first-order chi connectivity index (χ1) is 4.81. The van der Waals surface area contributed by atoms with Crippen molar-refractivity contribution in [2.45, 2.75) is 13.3 Å². The minimum absolute atomic E-state index is 0.369. The summed E-state index contributed by atoms with van der Waals surface area (Å²) in [6.07, 6.45) is 0.456. The third-order valence-electron chi connectivity index (χ3n) is 0.709. The van der Waals surface area contributed by atoms with Gasteiger partial charge in [0.1, 0.15) is 5.78 Å². The van der Waals surface area contributed by atoms with Crippen molar-refractivity contribution in [1.82, 2.24) is 4.72 Å². The predicted octanol–water partition coefficient (Wildman–Crippen LogP) is -0.959. The molecular weight excluding hydrogens is 170 g/mol. The Hall–Kier alpha value is -0.910. The van der Waals surface area contributed by atoms with Crippen LogP contribution >= 0.6 is 0 Å². The van der Waals surface area contributed by atoms with Gasteiger partial charge in [-0.15, -0.1) is 0 Å². The predicted molar refractivity (Wildman–Crippen MR) is 38.3 cm³/mol. The topological polar surface area (TPSA) is 80.3 Å². The number of hydrogen-bond acceptors (Lipinski definition) is 4. The molecule has 0 atom stereocenters. The number of amides is 1. The van der Waals surface area contributed by atoms with Gasteiger partial charge in [-0.2, -0.15) is 0 Å². The van der Waals surface area contributed by atoms with Crippen LogP contribution in [-0.2, 0) is 19.6 Å². The molecule has 0 spiro atoms. The molecule has 64 valence electrons. The molecule has 1 amide bonds. The summed E-state index contributed by atoms with van der Waals surface area (Å²) in [5.74, 6) is -1.16. The van der Waals surface area contributed by atoms with Gasteiger partial charge in [0, 0.05) is 0 Å². The first-order valence-corrected chi connectivity index (χ1v) is 4.70. The van der Waals surface area contributed by atoms with E-state index in [1.54, 1.807) is 4.72 Å². The second kappa shape index (κ2) is 3.47. The highest BCUT2D eigenvalue weighted by molar-refractivity contribution is 7.89. The highest BCUT2D eigenvalue weighted by Crippen LogP contribution is 1.83. The van der Waals surface area contributed by atoms with E-state index in [4.69, 9.17) is 0 Å². The SMILES string of the molecule is CC(=O)CC(=O)NS(C)(=O)=O. The van der Waals surface area contributed by atoms with Crippen molar-refractivity contribution in [3.05, 3.63) is 0 Å². The lowest BCUT2D eigenvalue weighted by atomic mass is 10.3. The largest absolute Gasteiger partial charge is 0.299 e. The van der Waals surface area contributed by atoms with Gasteiger partial charge in [0.15, 0.2) is 0 Å². The van der Waals surface area contributed by atoms with Crippen LogP contribution in [0.3, 0.4) is 0 Å². The van der Waals surface area contributed by atoms with Gasteiger partial charge in [0.25, 0.3) is 0 Å². The molecule has 0 aliphatic rings. The number of sulfonamides is 1. The second-order valence-electron chi connectivity index (χ2n) is 2.18. The Morgan fingerprint density at radius 2 is 1.82 bits per heavy atom. The van der Waals surface area contributed by atoms with Crippen LogP contribution in [0.25, 0.3) is 0 Å². The van der Waals surface area contributed by atoms with Crippen molar-refractivity contribution in [3.8, 4) is 0 Å². The van der Waals surface area contributed by atoms with Gasteiger partial charge in [-0.05, 0) is 6.92 Å². The standard InChI is InChI=1S/C5H9NO4S/c1-4(7)3-5(8)6-11(2,9)10/h3H2,1-2H3,(H,6,8). The number of ketones is 1. The summed E-state index contributed by atoms with van der Waals surface area (Å²) in [7, 11) is -3.52. The Labute approximate surface area is 64.8 Å². The van der Waals surface area contributed by atoms with E-state index in [-0.39, 0.29) is 5.78 Å². The first-order valence-electron chi connectivity index (χ1n) is 2.81. The third kappa shape index (κ3) is 6.98. The molecule has 0 aromatic carbocycles. The van der Waals surface area contributed by atoms with E-state index < -0.39 is 22.4 Å². The maximum absolute atomic E-state index is 10.6. The van der Waals surface area contributed by atoms with Crippen molar-refractivity contribution in [1.29, 1.82) is 0 Å². The van der Waals surface area contributed by atoms with Gasteiger partial charge in [0.2, 0.25) is 15.9 Å². The lowest BCUT2D eigenvalue weighted by Crippen LogP contribution is -2.30. The Morgan fingerprint density at radius 1 is 1.36 bits per heavy atom. The molecule has 0 aromatic rings. The Balaban J connectivity index is 4.01. The van der Waals surface area contributed by atoms with E-state index >= 15 is 0 Å². The average Bonchev–Trinajstić information content (AvgIpc) is 1.53. The fraction of sp³-hybridized carbons (Fsp3) is 0.600. The van der Waals surface area contributed by atoms with Gasteiger partial charge < -0.3 is 0 Å². The fourth-order valence-electron chi connectivity index (χ4n) is 0.469. The van der Waals surface area contributed by atoms with E-state index in [0.29, 0.717) is 0 Å². The van der Waals surface area contributed by atoms with E-state index in [2.05, 4.69) is 0 Å². The molecule has 0 bridgehead atoms. The van der Waals surface area contributed by atoms with Gasteiger partial charge in [0.05, 0.1) is 12.7 Å². The van der Waals surface area contributed by atoms with Crippen LogP contribution in [0.5, 0.6) is 0 Å². The zero-order valence-electron chi connectivity index (χ0n) is 6.25. The minimum atomic E-state index is -3.52. The summed E-state index contributed by atoms with van der Waals surface area (Å²) in [6, 6.07) is 0. The van der Waals surface area contributed by atoms with Gasteiger partial charge >= 0.3 is 0 Å². The van der Waals surface area contributed by atoms with Gasteiger partial charge in [-0.1, -0.05) is 0 Å². The maximum atomic E-state index is 10.6. The number of carbonyl (C=O) groups is 2. The van der Waals surface area contributed by atoms with Crippen molar-refractivity contribution < 1.29 is 18.0 Å². The molecule has 0 radical (unpaired) electrons. The summed E-state index contributed by atoms with van der Waals surface area (Å²) in [5.41, 5.74) is 0. The fourth-order valence-corrected chi connectivity index (χ4v) is 0.955. The third-order valence-corrected chi connectivity index (χ3v) is 1.31. The molecule has 0 saturated carbocycles. The smallest absolute Gasteiger partial charge is 0.240 e. The van der Waals surface area contributed by atoms with Crippen LogP contribution in [0.1, 0.15) is 13.3 Å². The molecule has 0 rings (SSSR count). The molecule has 0 aromatic heterocycles. The molecule has 11 heavy (non-hydrogen) atoms. The molecule has 1 N–H and O–H groups in total. The zero-order chi connectivity index (χ0) is 9.07. The Morgan fingerprint density at radius 3 is 2.09 bits per heavy atom. The van der Waals surface area contributed by atoms with Crippen LogP contribution in [0.2, 0.25) is 0 Å². The van der Waals surface area contributed by atoms with Crippen LogP contribution in [0.15, 0.2) is 0 Å². The lowest BCUT2D eigenvalue weighted by molar-refractivity contribution is -0.125. The van der Waals surface area contributed by atoms with Gasteiger partial charge in [-0.3, -0.25) is 14.3 Å². The van der Waals surface area contributed by atoms with Crippen LogP contribution in [0.4, 0.5) is 0 Å². The lowest BCUT2D eigenvalue weighted by Gasteiger charge is -1.98. The molecule has 0 heterocycles. The molecule has 0 saturated heterocycles. The molecule has 0 fully saturated rings. The molecular formula is C5H9NO4S. The summed E-state index contributed by atoms with van der Waals surface area (Å²) in [6.45, 7) is 1.21. The number of carbonyl (C=O) groups excluding carboxylic acids is 2. The van der Waals surface area contributed by atoms with Crippen molar-refractivity contribution in [3.63, 3.8) is 0 Å². The average molecular weight is 179 g/mol. The number of Topliss-reactive ketones (excluding diaryl/α,β-unsaturated/α-hetero) is 1.